The number of carboxylic acid groups (broad SMARTS) is 1. The molecule has 53 heavy (non-hydrogen) atoms. The number of aliphatic carboxylic acids is 1. The molecule has 0 radical (unpaired) electrons. The minimum absolute atomic E-state index is 0.0395. The van der Waals surface area contributed by atoms with E-state index in [9.17, 15) is 34.8 Å². The van der Waals surface area contributed by atoms with Gasteiger partial charge < -0.3 is 61.5 Å². The summed E-state index contributed by atoms with van der Waals surface area (Å²) in [4.78, 5) is 40.5. The summed E-state index contributed by atoms with van der Waals surface area (Å²) in [6.07, 6.45) is 10.3. The Bertz CT molecular complexity index is 1410. The number of unbranched alkanes of at least 4 members (excludes halogenated alkanes) is 1. The molecule has 16 nitrogen and oxygen atoms in total. The van der Waals surface area contributed by atoms with Crippen LogP contribution >= 0.6 is 0 Å². The topological polar surface area (TPSA) is 258 Å². The van der Waals surface area contributed by atoms with Crippen molar-refractivity contribution in [3.05, 3.63) is 48.6 Å². The van der Waals surface area contributed by atoms with Gasteiger partial charge in [-0.3, -0.25) is 14.6 Å². The minimum atomic E-state index is -2.12. The van der Waals surface area contributed by atoms with Crippen LogP contribution < -0.4 is 22.1 Å². The van der Waals surface area contributed by atoms with Crippen molar-refractivity contribution in [3.63, 3.8) is 0 Å². The number of rotatable bonds is 18. The number of allylic oxidation sites excluding steroid dienone is 5. The Hall–Kier alpha value is -3.64. The summed E-state index contributed by atoms with van der Waals surface area (Å²) in [5.41, 5.74) is 11.1. The molecule has 3 heterocycles. The van der Waals surface area contributed by atoms with Crippen molar-refractivity contribution in [1.82, 2.24) is 10.6 Å². The number of carbonyl (C=O) groups excluding carboxylic acids is 2. The zero-order valence-corrected chi connectivity index (χ0v) is 30.6. The third kappa shape index (κ3) is 11.9. The third-order valence-corrected chi connectivity index (χ3v) is 10.5. The van der Waals surface area contributed by atoms with Gasteiger partial charge in [-0.2, -0.15) is 0 Å². The highest BCUT2D eigenvalue weighted by Gasteiger charge is 2.59. The van der Waals surface area contributed by atoms with Crippen molar-refractivity contribution in [2.75, 3.05) is 13.3 Å². The maximum absolute atomic E-state index is 13.2. The number of guanidine groups is 1. The fourth-order valence-corrected chi connectivity index (χ4v) is 7.03. The average Bonchev–Trinajstić information content (AvgIpc) is 3.87. The summed E-state index contributed by atoms with van der Waals surface area (Å²) >= 11 is 0. The highest BCUT2D eigenvalue weighted by atomic mass is 16.7. The quantitative estimate of drug-likeness (QED) is 0.0244. The first kappa shape index (κ1) is 42.1. The van der Waals surface area contributed by atoms with Crippen LogP contribution in [-0.2, 0) is 33.3 Å². The van der Waals surface area contributed by atoms with Crippen LogP contribution in [0.15, 0.2) is 53.6 Å². The van der Waals surface area contributed by atoms with E-state index < -0.39 is 60.3 Å². The number of aliphatic hydroxyl groups is 3. The number of ether oxygens (including phenoxy) is 4. The first-order chi connectivity index (χ1) is 25.1. The molecule has 3 aliphatic heterocycles. The molecule has 0 aromatic heterocycles. The Labute approximate surface area is 310 Å². The molecule has 10 atom stereocenters. The molecular weight excluding hydrogens is 690 g/mol. The van der Waals surface area contributed by atoms with Gasteiger partial charge in [-0.15, -0.1) is 0 Å². The molecule has 0 aromatic carbocycles. The fraction of sp³-hybridized carbons (Fsp3) is 0.676. The number of nitrogens with zero attached hydrogens (tertiary/aromatic N) is 1. The van der Waals surface area contributed by atoms with Gasteiger partial charge in [0.25, 0.3) is 5.91 Å². The number of hydrogen-bond acceptors (Lipinski definition) is 11. The second kappa shape index (κ2) is 19.1. The van der Waals surface area contributed by atoms with Gasteiger partial charge in [-0.1, -0.05) is 49.5 Å². The molecule has 1 saturated carbocycles. The first-order valence-electron chi connectivity index (χ1n) is 18.4. The van der Waals surface area contributed by atoms with Crippen LogP contribution in [0, 0.1) is 11.3 Å². The van der Waals surface area contributed by atoms with Crippen LogP contribution in [0.2, 0.25) is 0 Å². The van der Waals surface area contributed by atoms with Crippen molar-refractivity contribution < 1.29 is 53.8 Å². The molecule has 4 fully saturated rings. The summed E-state index contributed by atoms with van der Waals surface area (Å²) in [5, 5.41) is 47.3. The SMILES string of the molecule is C=C1C[C@](O)(C(O)C(=O)NC2OCO[C@@H]3CC4(CC4)C(CC(O)CCC/C=C/C=C/C=C/C(=O)NC(CCCN=C(N)N)C(=O)O)O[C@H]23)O[C@H](C)[C@@H]1C. The maximum Gasteiger partial charge on any atom is 0.326 e. The number of hydrogen-bond donors (Lipinski definition) is 8. The molecule has 5 unspecified atom stereocenters. The molecule has 16 heteroatoms. The summed E-state index contributed by atoms with van der Waals surface area (Å²) in [6, 6.07) is -1.05. The Kier molecular flexibility index (Phi) is 15.2. The average molecular weight is 748 g/mol. The molecule has 0 aromatic rings. The number of aliphatic imine (C=N–C) groups is 1. The van der Waals surface area contributed by atoms with Gasteiger partial charge in [0.1, 0.15) is 18.9 Å². The van der Waals surface area contributed by atoms with E-state index in [1.165, 1.54) is 12.2 Å². The lowest BCUT2D eigenvalue weighted by Crippen LogP contribution is -2.64. The highest BCUT2D eigenvalue weighted by Crippen LogP contribution is 2.58. The predicted molar refractivity (Wildman–Crippen MR) is 193 cm³/mol. The van der Waals surface area contributed by atoms with E-state index in [0.29, 0.717) is 37.7 Å². The highest BCUT2D eigenvalue weighted by molar-refractivity contribution is 5.91. The van der Waals surface area contributed by atoms with Crippen molar-refractivity contribution in [2.24, 2.45) is 27.8 Å². The summed E-state index contributed by atoms with van der Waals surface area (Å²) < 4.78 is 23.7. The Morgan fingerprint density at radius 3 is 2.49 bits per heavy atom. The van der Waals surface area contributed by atoms with E-state index in [0.717, 1.165) is 19.3 Å². The summed E-state index contributed by atoms with van der Waals surface area (Å²) in [7, 11) is 0. The Morgan fingerprint density at radius 1 is 1.08 bits per heavy atom. The van der Waals surface area contributed by atoms with Gasteiger partial charge in [0.2, 0.25) is 11.7 Å². The van der Waals surface area contributed by atoms with Crippen LogP contribution in [-0.4, -0.2) is 112 Å². The molecule has 1 spiro atoms. The number of fused-ring (bicyclic) bond motifs is 1. The zero-order chi connectivity index (χ0) is 38.8. The van der Waals surface area contributed by atoms with Crippen molar-refractivity contribution in [1.29, 1.82) is 0 Å². The molecule has 4 aliphatic rings. The van der Waals surface area contributed by atoms with Gasteiger partial charge in [0.15, 0.2) is 18.3 Å². The molecular formula is C37H57N5O11. The predicted octanol–water partition coefficient (Wildman–Crippen LogP) is 1.00. The van der Waals surface area contributed by atoms with Crippen molar-refractivity contribution in [2.45, 2.75) is 133 Å². The minimum Gasteiger partial charge on any atom is -0.480 e. The Morgan fingerprint density at radius 2 is 1.81 bits per heavy atom. The molecule has 1 aliphatic carbocycles. The van der Waals surface area contributed by atoms with Gasteiger partial charge in [0.05, 0.1) is 24.4 Å². The van der Waals surface area contributed by atoms with Gasteiger partial charge in [-0.25, -0.2) is 4.79 Å². The third-order valence-electron chi connectivity index (χ3n) is 10.5. The van der Waals surface area contributed by atoms with E-state index in [4.69, 9.17) is 30.4 Å². The summed E-state index contributed by atoms with van der Waals surface area (Å²) in [5.74, 6) is -4.77. The van der Waals surface area contributed by atoms with E-state index in [2.05, 4.69) is 22.2 Å². The lowest BCUT2D eigenvalue weighted by atomic mass is 9.82. The lowest BCUT2D eigenvalue weighted by Gasteiger charge is -2.48. The van der Waals surface area contributed by atoms with Crippen LogP contribution in [0.5, 0.6) is 0 Å². The number of amides is 2. The Balaban J connectivity index is 1.19. The van der Waals surface area contributed by atoms with E-state index in [1.54, 1.807) is 19.1 Å². The number of carboxylic acids is 1. The lowest BCUT2D eigenvalue weighted by molar-refractivity contribution is -0.298. The summed E-state index contributed by atoms with van der Waals surface area (Å²) in [6.45, 7) is 7.83. The molecule has 0 bridgehead atoms. The van der Waals surface area contributed by atoms with Crippen LogP contribution in [0.3, 0.4) is 0 Å². The van der Waals surface area contributed by atoms with E-state index in [-0.39, 0.29) is 55.7 Å². The van der Waals surface area contributed by atoms with E-state index in [1.807, 2.05) is 19.1 Å². The first-order valence-corrected chi connectivity index (χ1v) is 18.4. The monoisotopic (exact) mass is 747 g/mol. The van der Waals surface area contributed by atoms with Crippen molar-refractivity contribution in [3.8, 4) is 0 Å². The zero-order valence-electron chi connectivity index (χ0n) is 30.6. The van der Waals surface area contributed by atoms with Gasteiger partial charge >= 0.3 is 5.97 Å². The number of nitrogens with two attached hydrogens (primary N) is 2. The fourth-order valence-electron chi connectivity index (χ4n) is 7.03. The van der Waals surface area contributed by atoms with Crippen LogP contribution in [0.1, 0.15) is 78.1 Å². The molecule has 2 amide bonds. The second-order valence-corrected chi connectivity index (χ2v) is 14.6. The van der Waals surface area contributed by atoms with Gasteiger partial charge in [0, 0.05) is 31.4 Å². The van der Waals surface area contributed by atoms with E-state index >= 15 is 0 Å². The molecule has 10 N–H and O–H groups in total. The standard InChI is InChI=1S/C37H57N5O11/c1-22-19-37(49,53-24(3)23(22)2)31(45)32(46)42-33-30-27(50-21-51-33)20-36(15-16-36)28(52-30)18-25(43)12-9-7-5-4-6-8-10-14-29(44)41-26(34(47)48)13-11-17-40-35(38)39/h4-6,8,10,14,23-28,30-31,33,43,45,49H,1,7,9,11-13,15-21H2,2-3H3,(H,41,44)(H,42,46)(H,47,48)(H4,38,39,40)/b5-4+,8-6+,14-10+/t23-,24-,25?,26?,27-,28?,30+,31?,33?,37-/m1/s1. The van der Waals surface area contributed by atoms with Crippen LogP contribution in [0.25, 0.3) is 0 Å². The second-order valence-electron chi connectivity index (χ2n) is 14.6. The number of carbonyl (C=O) groups is 3. The maximum atomic E-state index is 13.2. The van der Waals surface area contributed by atoms with Crippen LogP contribution in [0.4, 0.5) is 0 Å². The largest absolute Gasteiger partial charge is 0.480 e. The number of aliphatic hydroxyl groups excluding tert-OH is 2. The molecule has 4 rings (SSSR count). The van der Waals surface area contributed by atoms with Gasteiger partial charge in [-0.05, 0) is 63.7 Å². The van der Waals surface area contributed by atoms with Crippen molar-refractivity contribution >= 4 is 23.7 Å². The molecule has 296 valence electrons. The number of nitrogens with one attached hydrogen (secondary N) is 2. The molecule has 3 saturated heterocycles. The smallest absolute Gasteiger partial charge is 0.326 e. The normalized spacial score (nSPS) is 31.2.